The number of anilines is 1. The average Bonchev–Trinajstić information content (AvgIpc) is 2.32. The third-order valence-corrected chi connectivity index (χ3v) is 3.94. The van der Waals surface area contributed by atoms with Gasteiger partial charge in [-0.15, -0.1) is 0 Å². The molecule has 0 saturated carbocycles. The number of para-hydroxylation sites is 1. The maximum atomic E-state index is 10.0. The minimum atomic E-state index is -0.212. The Kier molecular flexibility index (Phi) is 3.64. The quantitative estimate of drug-likeness (QED) is 0.844. The van der Waals surface area contributed by atoms with Crippen molar-refractivity contribution in [3.63, 3.8) is 0 Å². The van der Waals surface area contributed by atoms with Gasteiger partial charge in [0.25, 0.3) is 0 Å². The van der Waals surface area contributed by atoms with E-state index in [2.05, 4.69) is 36.9 Å². The number of aliphatic hydroxyl groups excluding tert-OH is 1. The molecule has 1 aliphatic heterocycles. The van der Waals surface area contributed by atoms with Crippen molar-refractivity contribution in [3.8, 4) is 0 Å². The smallest absolute Gasteiger partial charge is 0.0624 e. The van der Waals surface area contributed by atoms with Crippen molar-refractivity contribution in [2.75, 3.05) is 18.0 Å². The summed E-state index contributed by atoms with van der Waals surface area (Å²) in [5, 5.41) is 10.0. The van der Waals surface area contributed by atoms with E-state index in [-0.39, 0.29) is 17.6 Å². The van der Waals surface area contributed by atoms with Crippen molar-refractivity contribution in [2.24, 2.45) is 11.1 Å². The molecule has 0 spiro atoms. The van der Waals surface area contributed by atoms with Gasteiger partial charge >= 0.3 is 0 Å². The van der Waals surface area contributed by atoms with Gasteiger partial charge in [-0.1, -0.05) is 32.0 Å². The fourth-order valence-electron chi connectivity index (χ4n) is 2.71. The van der Waals surface area contributed by atoms with E-state index in [4.69, 9.17) is 5.73 Å². The number of hydrogen-bond acceptors (Lipinski definition) is 3. The zero-order chi connectivity index (χ0) is 13.3. The Hall–Kier alpha value is -1.06. The predicted molar refractivity (Wildman–Crippen MR) is 75.7 cm³/mol. The maximum Gasteiger partial charge on any atom is 0.0624 e. The molecule has 1 heterocycles. The first-order valence-corrected chi connectivity index (χ1v) is 6.69. The monoisotopic (exact) mass is 248 g/mol. The molecule has 2 rings (SSSR count). The highest BCUT2D eigenvalue weighted by Gasteiger charge is 2.35. The van der Waals surface area contributed by atoms with E-state index in [0.717, 1.165) is 19.5 Å². The number of rotatable bonds is 2. The van der Waals surface area contributed by atoms with Crippen LogP contribution in [0.5, 0.6) is 0 Å². The van der Waals surface area contributed by atoms with Crippen molar-refractivity contribution < 1.29 is 5.11 Å². The Morgan fingerprint density at radius 2 is 2.06 bits per heavy atom. The van der Waals surface area contributed by atoms with Gasteiger partial charge in [0.2, 0.25) is 0 Å². The Bertz CT molecular complexity index is 415. The van der Waals surface area contributed by atoms with Crippen LogP contribution in [-0.2, 0) is 0 Å². The number of benzene rings is 1. The predicted octanol–water partition coefficient (Wildman–Crippen LogP) is 2.30. The van der Waals surface area contributed by atoms with Crippen LogP contribution in [-0.4, -0.2) is 24.3 Å². The van der Waals surface area contributed by atoms with Gasteiger partial charge < -0.3 is 15.7 Å². The first-order chi connectivity index (χ1) is 8.42. The highest BCUT2D eigenvalue weighted by atomic mass is 16.3. The number of nitrogens with two attached hydrogens (primary N) is 1. The van der Waals surface area contributed by atoms with Crippen LogP contribution in [0.4, 0.5) is 5.69 Å². The molecule has 1 fully saturated rings. The van der Waals surface area contributed by atoms with Gasteiger partial charge in [0.15, 0.2) is 0 Å². The van der Waals surface area contributed by atoms with Crippen LogP contribution in [0.2, 0.25) is 0 Å². The molecule has 0 bridgehead atoms. The topological polar surface area (TPSA) is 49.5 Å². The molecule has 0 radical (unpaired) electrons. The number of piperidine rings is 1. The molecule has 1 unspecified atom stereocenters. The fraction of sp³-hybridized carbons (Fsp3) is 0.600. The lowest BCUT2D eigenvalue weighted by Gasteiger charge is -2.43. The van der Waals surface area contributed by atoms with Crippen LogP contribution in [0.25, 0.3) is 0 Å². The Labute approximate surface area is 110 Å². The zero-order valence-electron chi connectivity index (χ0n) is 11.6. The number of hydrogen-bond donors (Lipinski definition) is 2. The second kappa shape index (κ2) is 4.90. The molecular weight excluding hydrogens is 224 g/mol. The molecule has 0 aliphatic carbocycles. The first-order valence-electron chi connectivity index (χ1n) is 6.69. The Balaban J connectivity index is 2.27. The molecule has 3 nitrogen and oxygen atoms in total. The number of nitrogens with zero attached hydrogens (tertiary/aromatic N) is 1. The summed E-state index contributed by atoms with van der Waals surface area (Å²) in [6.45, 7) is 8.03. The van der Waals surface area contributed by atoms with E-state index >= 15 is 0 Å². The summed E-state index contributed by atoms with van der Waals surface area (Å²) in [7, 11) is 0. The minimum absolute atomic E-state index is 0.0381. The Morgan fingerprint density at radius 3 is 2.67 bits per heavy atom. The zero-order valence-corrected chi connectivity index (χ0v) is 11.6. The van der Waals surface area contributed by atoms with Crippen molar-refractivity contribution in [1.29, 1.82) is 0 Å². The average molecular weight is 248 g/mol. The molecule has 2 atom stereocenters. The van der Waals surface area contributed by atoms with Crippen LogP contribution < -0.4 is 10.6 Å². The summed E-state index contributed by atoms with van der Waals surface area (Å²) in [6.07, 6.45) is 0.608. The highest BCUT2D eigenvalue weighted by molar-refractivity contribution is 5.55. The summed E-state index contributed by atoms with van der Waals surface area (Å²) in [5.41, 5.74) is 8.37. The molecule has 100 valence electrons. The summed E-state index contributed by atoms with van der Waals surface area (Å²) < 4.78 is 0. The van der Waals surface area contributed by atoms with Crippen molar-refractivity contribution in [2.45, 2.75) is 39.3 Å². The van der Waals surface area contributed by atoms with Crippen LogP contribution in [0.15, 0.2) is 24.3 Å². The van der Waals surface area contributed by atoms with Gasteiger partial charge in [0, 0.05) is 30.2 Å². The van der Waals surface area contributed by atoms with Gasteiger partial charge in [-0.2, -0.15) is 0 Å². The van der Waals surface area contributed by atoms with Gasteiger partial charge in [-0.05, 0) is 25.0 Å². The highest BCUT2D eigenvalue weighted by Crippen LogP contribution is 2.34. The lowest BCUT2D eigenvalue weighted by molar-refractivity contribution is 0.0335. The molecule has 3 N–H and O–H groups in total. The lowest BCUT2D eigenvalue weighted by Crippen LogP contribution is -2.49. The third-order valence-electron chi connectivity index (χ3n) is 3.94. The fourth-order valence-corrected chi connectivity index (χ4v) is 2.71. The molecule has 1 aromatic rings. The molecule has 0 amide bonds. The summed E-state index contributed by atoms with van der Waals surface area (Å²) in [5.74, 6) is 0. The Morgan fingerprint density at radius 1 is 1.39 bits per heavy atom. The molecule has 18 heavy (non-hydrogen) atoms. The van der Waals surface area contributed by atoms with Crippen molar-refractivity contribution in [3.05, 3.63) is 29.8 Å². The SMILES string of the molecule is C[C@H](N)c1ccccc1N1CCC(O)C(C)(C)C1. The van der Waals surface area contributed by atoms with E-state index in [1.807, 2.05) is 13.0 Å². The summed E-state index contributed by atoms with van der Waals surface area (Å²) in [6, 6.07) is 8.35. The second-order valence-corrected chi connectivity index (χ2v) is 6.06. The van der Waals surface area contributed by atoms with E-state index in [1.165, 1.54) is 11.3 Å². The van der Waals surface area contributed by atoms with Gasteiger partial charge in [-0.3, -0.25) is 0 Å². The van der Waals surface area contributed by atoms with Crippen molar-refractivity contribution >= 4 is 5.69 Å². The van der Waals surface area contributed by atoms with Crippen LogP contribution in [0, 0.1) is 5.41 Å². The van der Waals surface area contributed by atoms with Crippen molar-refractivity contribution in [1.82, 2.24) is 0 Å². The summed E-state index contributed by atoms with van der Waals surface area (Å²) >= 11 is 0. The standard InChI is InChI=1S/C15H24N2O/c1-11(16)12-6-4-5-7-13(12)17-9-8-14(18)15(2,3)10-17/h4-7,11,14,18H,8-10,16H2,1-3H3/t11-,14?/m0/s1. The van der Waals surface area contributed by atoms with Crippen LogP contribution in [0.1, 0.15) is 38.8 Å². The van der Waals surface area contributed by atoms with E-state index in [1.54, 1.807) is 0 Å². The molecule has 1 saturated heterocycles. The van der Waals surface area contributed by atoms with E-state index < -0.39 is 0 Å². The first kappa shape index (κ1) is 13.4. The molecule has 1 aromatic carbocycles. The molecule has 3 heteroatoms. The number of aliphatic hydroxyl groups is 1. The molecule has 0 aromatic heterocycles. The summed E-state index contributed by atoms with van der Waals surface area (Å²) in [4.78, 5) is 2.35. The van der Waals surface area contributed by atoms with Crippen LogP contribution in [0.3, 0.4) is 0 Å². The van der Waals surface area contributed by atoms with E-state index in [0.29, 0.717) is 0 Å². The third kappa shape index (κ3) is 2.52. The van der Waals surface area contributed by atoms with Gasteiger partial charge in [0.05, 0.1) is 6.10 Å². The normalized spacial score (nSPS) is 24.9. The minimum Gasteiger partial charge on any atom is -0.392 e. The van der Waals surface area contributed by atoms with Gasteiger partial charge in [-0.25, -0.2) is 0 Å². The maximum absolute atomic E-state index is 10.0. The second-order valence-electron chi connectivity index (χ2n) is 6.06. The largest absolute Gasteiger partial charge is 0.392 e. The van der Waals surface area contributed by atoms with E-state index in [9.17, 15) is 5.11 Å². The molecule has 1 aliphatic rings. The van der Waals surface area contributed by atoms with Crippen LogP contribution >= 0.6 is 0 Å². The lowest BCUT2D eigenvalue weighted by atomic mass is 9.81. The molecular formula is C15H24N2O. The van der Waals surface area contributed by atoms with Gasteiger partial charge in [0.1, 0.15) is 0 Å².